The molecule has 0 spiro atoms. The van der Waals surface area contributed by atoms with Crippen LogP contribution in [0.2, 0.25) is 0 Å². The van der Waals surface area contributed by atoms with Gasteiger partial charge in [-0.15, -0.1) is 0 Å². The Kier molecular flexibility index (Phi) is 3.40. The Morgan fingerprint density at radius 3 is 2.47 bits per heavy atom. The minimum absolute atomic E-state index is 0.214. The van der Waals surface area contributed by atoms with Crippen molar-refractivity contribution < 1.29 is 22.9 Å². The highest BCUT2D eigenvalue weighted by Gasteiger charge is 2.18. The first kappa shape index (κ1) is 11.6. The fraction of sp³-hybridized carbons (Fsp3) is 0.125. The Hall–Kier alpha value is -1.44. The number of aliphatic hydroxyl groups excluding tert-OH is 1. The zero-order valence-electron chi connectivity index (χ0n) is 7.54. The molecule has 7 heteroatoms. The van der Waals surface area contributed by atoms with Crippen LogP contribution in [0.4, 0.5) is 0 Å². The predicted molar refractivity (Wildman–Crippen MR) is 50.8 cm³/mol. The van der Waals surface area contributed by atoms with Crippen LogP contribution in [0.3, 0.4) is 0 Å². The van der Waals surface area contributed by atoms with Gasteiger partial charge in [0.25, 0.3) is 16.0 Å². The van der Waals surface area contributed by atoms with Crippen molar-refractivity contribution in [3.8, 4) is 0 Å². The number of benzene rings is 1. The first-order chi connectivity index (χ1) is 6.96. The van der Waals surface area contributed by atoms with Crippen molar-refractivity contribution >= 4 is 16.0 Å². The van der Waals surface area contributed by atoms with E-state index in [0.717, 1.165) is 6.07 Å². The summed E-state index contributed by atoms with van der Waals surface area (Å²) in [5.41, 5.74) is -0.214. The van der Waals surface area contributed by atoms with E-state index in [4.69, 9.17) is 9.66 Å². The fourth-order valence-corrected chi connectivity index (χ4v) is 1.74. The monoisotopic (exact) mass is 231 g/mol. The van der Waals surface area contributed by atoms with Gasteiger partial charge in [-0.2, -0.15) is 8.42 Å². The summed E-state index contributed by atoms with van der Waals surface area (Å²) in [6.07, 6.45) is 0. The maximum absolute atomic E-state index is 11.3. The first-order valence-electron chi connectivity index (χ1n) is 3.92. The van der Waals surface area contributed by atoms with Crippen molar-refractivity contribution in [1.29, 1.82) is 0 Å². The molecule has 0 fully saturated rings. The quantitative estimate of drug-likeness (QED) is 0.485. The molecule has 0 saturated carbocycles. The van der Waals surface area contributed by atoms with E-state index < -0.39 is 27.7 Å². The zero-order chi connectivity index (χ0) is 11.5. The van der Waals surface area contributed by atoms with Crippen molar-refractivity contribution in [2.45, 2.75) is 4.90 Å². The molecule has 82 valence electrons. The summed E-state index contributed by atoms with van der Waals surface area (Å²) < 4.78 is 30.6. The minimum Gasteiger partial charge on any atom is -0.376 e. The number of hydrogen-bond acceptors (Lipinski definition) is 4. The summed E-state index contributed by atoms with van der Waals surface area (Å²) in [4.78, 5) is 10.8. The van der Waals surface area contributed by atoms with Gasteiger partial charge < -0.3 is 10.4 Å². The third-order valence-corrected chi connectivity index (χ3v) is 2.56. The second-order valence-electron chi connectivity index (χ2n) is 2.64. The normalized spacial score (nSPS) is 11.1. The summed E-state index contributed by atoms with van der Waals surface area (Å²) in [6.45, 7) is -0.612. The molecular weight excluding hydrogens is 222 g/mol. The van der Waals surface area contributed by atoms with E-state index in [9.17, 15) is 13.2 Å². The highest BCUT2D eigenvalue weighted by atomic mass is 32.2. The molecule has 15 heavy (non-hydrogen) atoms. The van der Waals surface area contributed by atoms with Crippen LogP contribution in [0.5, 0.6) is 0 Å². The second-order valence-corrected chi connectivity index (χ2v) is 4.03. The maximum Gasteiger partial charge on any atom is 0.295 e. The molecule has 0 aliphatic carbocycles. The summed E-state index contributed by atoms with van der Waals surface area (Å²) in [7, 11) is -4.44. The Morgan fingerprint density at radius 2 is 1.93 bits per heavy atom. The topological polar surface area (TPSA) is 104 Å². The summed E-state index contributed by atoms with van der Waals surface area (Å²) in [6, 6.07) is 5.15. The molecule has 6 nitrogen and oxygen atoms in total. The Morgan fingerprint density at radius 1 is 1.33 bits per heavy atom. The van der Waals surface area contributed by atoms with E-state index in [1.54, 1.807) is 0 Å². The lowest BCUT2D eigenvalue weighted by atomic mass is 10.2. The van der Waals surface area contributed by atoms with E-state index in [0.29, 0.717) is 0 Å². The number of aliphatic hydroxyl groups is 1. The molecular formula is C8H9NO5S. The molecule has 1 rings (SSSR count). The van der Waals surface area contributed by atoms with Crippen molar-refractivity contribution in [3.63, 3.8) is 0 Å². The van der Waals surface area contributed by atoms with Gasteiger partial charge in [0.2, 0.25) is 0 Å². The van der Waals surface area contributed by atoms with Gasteiger partial charge in [-0.25, -0.2) is 0 Å². The molecule has 0 saturated heterocycles. The van der Waals surface area contributed by atoms with E-state index in [-0.39, 0.29) is 5.56 Å². The van der Waals surface area contributed by atoms with Crippen LogP contribution in [0.25, 0.3) is 0 Å². The summed E-state index contributed by atoms with van der Waals surface area (Å²) in [5.74, 6) is -0.772. The van der Waals surface area contributed by atoms with Crippen molar-refractivity contribution in [2.75, 3.05) is 6.73 Å². The lowest BCUT2D eigenvalue weighted by Crippen LogP contribution is -2.25. The molecule has 0 heterocycles. The third kappa shape index (κ3) is 2.75. The van der Waals surface area contributed by atoms with Crippen LogP contribution in [0.1, 0.15) is 10.4 Å². The number of hydrogen-bond donors (Lipinski definition) is 3. The third-order valence-electron chi connectivity index (χ3n) is 1.65. The molecule has 1 aromatic carbocycles. The van der Waals surface area contributed by atoms with E-state index in [1.165, 1.54) is 18.2 Å². The molecule has 0 radical (unpaired) electrons. The standard InChI is InChI=1S/C8H9NO5S/c10-5-9-8(11)6-3-1-2-4-7(6)15(12,13)14/h1-4,10H,5H2,(H,9,11)(H,12,13,14). The highest BCUT2D eigenvalue weighted by molar-refractivity contribution is 7.86. The first-order valence-corrected chi connectivity index (χ1v) is 5.36. The SMILES string of the molecule is O=C(NCO)c1ccccc1S(=O)(=O)O. The zero-order valence-corrected chi connectivity index (χ0v) is 8.36. The van der Waals surface area contributed by atoms with E-state index in [2.05, 4.69) is 0 Å². The van der Waals surface area contributed by atoms with Crippen molar-refractivity contribution in [3.05, 3.63) is 29.8 Å². The summed E-state index contributed by atoms with van der Waals surface area (Å²) in [5, 5.41) is 10.5. The summed E-state index contributed by atoms with van der Waals surface area (Å²) >= 11 is 0. The second kappa shape index (κ2) is 4.39. The van der Waals surface area contributed by atoms with Crippen LogP contribution >= 0.6 is 0 Å². The number of carbonyl (C=O) groups excluding carboxylic acids is 1. The van der Waals surface area contributed by atoms with Crippen LogP contribution in [0, 0.1) is 0 Å². The molecule has 0 aliphatic rings. The van der Waals surface area contributed by atoms with Crippen molar-refractivity contribution in [2.24, 2.45) is 0 Å². The van der Waals surface area contributed by atoms with Gasteiger partial charge in [0, 0.05) is 0 Å². The number of rotatable bonds is 3. The largest absolute Gasteiger partial charge is 0.376 e. The van der Waals surface area contributed by atoms with Gasteiger partial charge in [0.1, 0.15) is 11.6 Å². The fourth-order valence-electron chi connectivity index (χ4n) is 1.05. The van der Waals surface area contributed by atoms with E-state index >= 15 is 0 Å². The lowest BCUT2D eigenvalue weighted by Gasteiger charge is -2.05. The number of nitrogens with one attached hydrogen (secondary N) is 1. The van der Waals surface area contributed by atoms with Crippen molar-refractivity contribution in [1.82, 2.24) is 5.32 Å². The van der Waals surface area contributed by atoms with Gasteiger partial charge >= 0.3 is 0 Å². The van der Waals surface area contributed by atoms with Gasteiger partial charge in [-0.1, -0.05) is 12.1 Å². The molecule has 1 amide bonds. The predicted octanol–water partition coefficient (Wildman–Crippen LogP) is -0.387. The van der Waals surface area contributed by atoms with Crippen LogP contribution in [0.15, 0.2) is 29.2 Å². The highest BCUT2D eigenvalue weighted by Crippen LogP contribution is 2.14. The van der Waals surface area contributed by atoms with Gasteiger partial charge in [0.05, 0.1) is 5.56 Å². The molecule has 0 atom stereocenters. The van der Waals surface area contributed by atoms with Crippen LogP contribution < -0.4 is 5.32 Å². The average molecular weight is 231 g/mol. The molecule has 0 unspecified atom stereocenters. The van der Waals surface area contributed by atoms with Gasteiger partial charge in [-0.3, -0.25) is 9.35 Å². The minimum atomic E-state index is -4.44. The van der Waals surface area contributed by atoms with Gasteiger partial charge in [0.15, 0.2) is 0 Å². The van der Waals surface area contributed by atoms with Crippen LogP contribution in [-0.4, -0.2) is 30.7 Å². The average Bonchev–Trinajstić information content (AvgIpc) is 2.17. The molecule has 3 N–H and O–H groups in total. The smallest absolute Gasteiger partial charge is 0.295 e. The molecule has 0 aromatic heterocycles. The van der Waals surface area contributed by atoms with Gasteiger partial charge in [-0.05, 0) is 12.1 Å². The Balaban J connectivity index is 3.25. The molecule has 0 bridgehead atoms. The van der Waals surface area contributed by atoms with E-state index in [1.807, 2.05) is 5.32 Å². The Labute approximate surface area is 86.3 Å². The number of amides is 1. The molecule has 1 aromatic rings. The number of carbonyl (C=O) groups is 1. The Bertz CT molecular complexity index is 468. The maximum atomic E-state index is 11.3. The lowest BCUT2D eigenvalue weighted by molar-refractivity contribution is 0.0906. The molecule has 0 aliphatic heterocycles. The van der Waals surface area contributed by atoms with Crippen LogP contribution in [-0.2, 0) is 10.1 Å².